The summed E-state index contributed by atoms with van der Waals surface area (Å²) in [6, 6.07) is 4.25. The fourth-order valence-electron chi connectivity index (χ4n) is 1.81. The largest absolute Gasteiger partial charge is 0.481 e. The van der Waals surface area contributed by atoms with E-state index in [2.05, 4.69) is 10.6 Å². The minimum absolute atomic E-state index is 0.0722. The highest BCUT2D eigenvalue weighted by molar-refractivity contribution is 5.89. The second-order valence-electron chi connectivity index (χ2n) is 4.49. The van der Waals surface area contributed by atoms with E-state index in [0.717, 1.165) is 6.07 Å². The second-order valence-corrected chi connectivity index (χ2v) is 4.49. The van der Waals surface area contributed by atoms with E-state index in [4.69, 9.17) is 10.4 Å². The Morgan fingerprint density at radius 3 is 2.71 bits per heavy atom. The first-order valence-electron chi connectivity index (χ1n) is 6.45. The molecular weight excluding hydrogens is 277 g/mol. The number of carboxylic acid groups (broad SMARTS) is 1. The van der Waals surface area contributed by atoms with Crippen LogP contribution in [0, 0.1) is 17.1 Å². The molecule has 0 radical (unpaired) electrons. The number of benzene rings is 1. The standard InChI is InChI=1S/C14H16FN3O3/c1-2-3-10(7-13(19)20)17-14(21)18-12-5-4-9(8-16)6-11(12)15/h4-6,10H,2-3,7H2,1H3,(H,19,20)(H2,17,18,21). The van der Waals surface area contributed by atoms with Crippen molar-refractivity contribution < 1.29 is 19.1 Å². The van der Waals surface area contributed by atoms with Gasteiger partial charge in [-0.1, -0.05) is 13.3 Å². The molecule has 1 atom stereocenters. The molecule has 0 fully saturated rings. The fraction of sp³-hybridized carbons (Fsp3) is 0.357. The molecule has 0 heterocycles. The van der Waals surface area contributed by atoms with Crippen LogP contribution in [-0.4, -0.2) is 23.1 Å². The third-order valence-corrected chi connectivity index (χ3v) is 2.74. The highest BCUT2D eigenvalue weighted by Crippen LogP contribution is 2.15. The number of carbonyl (C=O) groups excluding carboxylic acids is 1. The van der Waals surface area contributed by atoms with Crippen molar-refractivity contribution in [2.45, 2.75) is 32.2 Å². The van der Waals surface area contributed by atoms with E-state index < -0.39 is 23.9 Å². The van der Waals surface area contributed by atoms with Gasteiger partial charge in [-0.05, 0) is 24.6 Å². The first-order chi connectivity index (χ1) is 9.96. The number of rotatable bonds is 6. The van der Waals surface area contributed by atoms with Crippen LogP contribution in [0.1, 0.15) is 31.7 Å². The highest BCUT2D eigenvalue weighted by Gasteiger charge is 2.16. The predicted octanol–water partition coefficient (Wildman–Crippen LogP) is 2.46. The molecule has 0 spiro atoms. The molecule has 112 valence electrons. The summed E-state index contributed by atoms with van der Waals surface area (Å²) in [6.45, 7) is 1.87. The molecule has 1 unspecified atom stereocenters. The molecule has 1 rings (SSSR count). The van der Waals surface area contributed by atoms with Gasteiger partial charge in [0.25, 0.3) is 0 Å². The number of aliphatic carboxylic acids is 1. The number of nitrogens with zero attached hydrogens (tertiary/aromatic N) is 1. The molecule has 2 amide bonds. The molecule has 0 bridgehead atoms. The molecule has 0 aliphatic heterocycles. The van der Waals surface area contributed by atoms with Gasteiger partial charge in [0.1, 0.15) is 5.82 Å². The van der Waals surface area contributed by atoms with Crippen LogP contribution < -0.4 is 10.6 Å². The molecule has 1 aromatic rings. The number of hydrogen-bond acceptors (Lipinski definition) is 3. The van der Waals surface area contributed by atoms with Crippen LogP contribution in [0.2, 0.25) is 0 Å². The summed E-state index contributed by atoms with van der Waals surface area (Å²) in [5.74, 6) is -1.74. The van der Waals surface area contributed by atoms with Gasteiger partial charge in [0, 0.05) is 6.04 Å². The molecule has 0 saturated carbocycles. The Balaban J connectivity index is 2.67. The quantitative estimate of drug-likeness (QED) is 0.749. The zero-order chi connectivity index (χ0) is 15.8. The Kier molecular flexibility index (Phi) is 6.14. The van der Waals surface area contributed by atoms with Gasteiger partial charge in [-0.3, -0.25) is 4.79 Å². The average Bonchev–Trinajstić information content (AvgIpc) is 2.40. The molecule has 3 N–H and O–H groups in total. The van der Waals surface area contributed by atoms with E-state index >= 15 is 0 Å². The molecule has 7 heteroatoms. The van der Waals surface area contributed by atoms with E-state index in [9.17, 15) is 14.0 Å². The molecule has 1 aromatic carbocycles. The topological polar surface area (TPSA) is 102 Å². The van der Waals surface area contributed by atoms with Crippen LogP contribution in [-0.2, 0) is 4.79 Å². The second kappa shape index (κ2) is 7.85. The smallest absolute Gasteiger partial charge is 0.319 e. The number of amides is 2. The summed E-state index contributed by atoms with van der Waals surface area (Å²) in [6.07, 6.45) is 1.02. The molecular formula is C14H16FN3O3. The zero-order valence-electron chi connectivity index (χ0n) is 11.5. The van der Waals surface area contributed by atoms with Gasteiger partial charge in [-0.25, -0.2) is 9.18 Å². The minimum Gasteiger partial charge on any atom is -0.481 e. The van der Waals surface area contributed by atoms with Crippen molar-refractivity contribution >= 4 is 17.7 Å². The lowest BCUT2D eigenvalue weighted by Gasteiger charge is -2.16. The van der Waals surface area contributed by atoms with E-state index in [0.29, 0.717) is 12.8 Å². The maximum Gasteiger partial charge on any atom is 0.319 e. The summed E-state index contributed by atoms with van der Waals surface area (Å²) in [4.78, 5) is 22.4. The predicted molar refractivity (Wildman–Crippen MR) is 74.2 cm³/mol. The molecule has 21 heavy (non-hydrogen) atoms. The lowest BCUT2D eigenvalue weighted by atomic mass is 10.1. The lowest BCUT2D eigenvalue weighted by molar-refractivity contribution is -0.137. The summed E-state index contributed by atoms with van der Waals surface area (Å²) >= 11 is 0. The van der Waals surface area contributed by atoms with E-state index in [1.165, 1.54) is 12.1 Å². The van der Waals surface area contributed by atoms with Crippen molar-refractivity contribution in [3.05, 3.63) is 29.6 Å². The van der Waals surface area contributed by atoms with Crippen LogP contribution in [0.15, 0.2) is 18.2 Å². The number of anilines is 1. The normalized spacial score (nSPS) is 11.3. The Hall–Kier alpha value is -2.62. The first kappa shape index (κ1) is 16.4. The average molecular weight is 293 g/mol. The Bertz CT molecular complexity index is 569. The van der Waals surface area contributed by atoms with Crippen molar-refractivity contribution in [2.24, 2.45) is 0 Å². The zero-order valence-corrected chi connectivity index (χ0v) is 11.5. The summed E-state index contributed by atoms with van der Waals surface area (Å²) in [7, 11) is 0. The van der Waals surface area contributed by atoms with Gasteiger partial charge in [-0.2, -0.15) is 5.26 Å². The number of carbonyl (C=O) groups is 2. The van der Waals surface area contributed by atoms with E-state index in [1.807, 2.05) is 6.92 Å². The number of hydrogen-bond donors (Lipinski definition) is 3. The van der Waals surface area contributed by atoms with Crippen molar-refractivity contribution in [3.8, 4) is 6.07 Å². The van der Waals surface area contributed by atoms with Crippen LogP contribution >= 0.6 is 0 Å². The van der Waals surface area contributed by atoms with Crippen molar-refractivity contribution in [1.29, 1.82) is 5.26 Å². The Morgan fingerprint density at radius 2 is 2.19 bits per heavy atom. The number of halogens is 1. The number of urea groups is 1. The Labute approximate surface area is 121 Å². The van der Waals surface area contributed by atoms with Gasteiger partial charge in [0.15, 0.2) is 0 Å². The summed E-state index contributed by atoms with van der Waals surface area (Å²) in [5.41, 5.74) is 0.0743. The van der Waals surface area contributed by atoms with Crippen LogP contribution in [0.4, 0.5) is 14.9 Å². The molecule has 0 aliphatic rings. The Morgan fingerprint density at radius 1 is 1.48 bits per heavy atom. The maximum atomic E-state index is 13.6. The third-order valence-electron chi connectivity index (χ3n) is 2.74. The molecule has 0 aromatic heterocycles. The lowest BCUT2D eigenvalue weighted by Crippen LogP contribution is -2.39. The summed E-state index contributed by atoms with van der Waals surface area (Å²) in [5, 5.41) is 22.2. The maximum absolute atomic E-state index is 13.6. The van der Waals surface area contributed by atoms with Crippen LogP contribution in [0.25, 0.3) is 0 Å². The van der Waals surface area contributed by atoms with Gasteiger partial charge in [0.2, 0.25) is 0 Å². The SMILES string of the molecule is CCCC(CC(=O)O)NC(=O)Nc1ccc(C#N)cc1F. The van der Waals surface area contributed by atoms with Gasteiger partial charge < -0.3 is 15.7 Å². The third kappa shape index (κ3) is 5.48. The summed E-state index contributed by atoms with van der Waals surface area (Å²) < 4.78 is 13.6. The van der Waals surface area contributed by atoms with Gasteiger partial charge >= 0.3 is 12.0 Å². The number of nitriles is 1. The molecule has 0 aliphatic carbocycles. The molecule has 6 nitrogen and oxygen atoms in total. The van der Waals surface area contributed by atoms with Crippen LogP contribution in [0.3, 0.4) is 0 Å². The van der Waals surface area contributed by atoms with Gasteiger partial charge in [0.05, 0.1) is 23.7 Å². The van der Waals surface area contributed by atoms with Crippen molar-refractivity contribution in [2.75, 3.05) is 5.32 Å². The molecule has 0 saturated heterocycles. The van der Waals surface area contributed by atoms with Crippen LogP contribution in [0.5, 0.6) is 0 Å². The number of carboxylic acids is 1. The fourth-order valence-corrected chi connectivity index (χ4v) is 1.81. The monoisotopic (exact) mass is 293 g/mol. The van der Waals surface area contributed by atoms with Gasteiger partial charge in [-0.15, -0.1) is 0 Å². The van der Waals surface area contributed by atoms with Crippen molar-refractivity contribution in [3.63, 3.8) is 0 Å². The van der Waals surface area contributed by atoms with E-state index in [1.54, 1.807) is 6.07 Å². The first-order valence-corrected chi connectivity index (χ1v) is 6.45. The van der Waals surface area contributed by atoms with Crippen molar-refractivity contribution in [1.82, 2.24) is 5.32 Å². The minimum atomic E-state index is -1.02. The highest BCUT2D eigenvalue weighted by atomic mass is 19.1. The number of nitrogens with one attached hydrogen (secondary N) is 2. The van der Waals surface area contributed by atoms with E-state index in [-0.39, 0.29) is 17.7 Å².